The lowest BCUT2D eigenvalue weighted by atomic mass is 10.1. The number of fused-ring (bicyclic) bond motifs is 1. The zero-order valence-electron chi connectivity index (χ0n) is 18.4. The van der Waals surface area contributed by atoms with Crippen LogP contribution in [-0.2, 0) is 27.9 Å². The number of nitrogens with one attached hydrogen (secondary N) is 2. The Kier molecular flexibility index (Phi) is 6.45. The molecule has 0 atom stereocenters. The third kappa shape index (κ3) is 5.14. The van der Waals surface area contributed by atoms with Gasteiger partial charge in [0.25, 0.3) is 10.2 Å². The van der Waals surface area contributed by atoms with Crippen molar-refractivity contribution in [1.29, 1.82) is 0 Å². The van der Waals surface area contributed by atoms with Crippen LogP contribution in [-0.4, -0.2) is 59.4 Å². The van der Waals surface area contributed by atoms with Crippen LogP contribution in [0.2, 0.25) is 0 Å². The number of carbonyl (C=O) groups excluding carboxylic acids is 1. The van der Waals surface area contributed by atoms with E-state index in [0.29, 0.717) is 32.6 Å². The van der Waals surface area contributed by atoms with E-state index >= 15 is 0 Å². The summed E-state index contributed by atoms with van der Waals surface area (Å²) in [6.07, 6.45) is 2.14. The van der Waals surface area contributed by atoms with Gasteiger partial charge in [0.15, 0.2) is 0 Å². The largest absolute Gasteiger partial charge is 0.444 e. The van der Waals surface area contributed by atoms with E-state index in [-0.39, 0.29) is 6.04 Å². The number of hydrogen-bond donors (Lipinski definition) is 2. The van der Waals surface area contributed by atoms with Gasteiger partial charge in [-0.3, -0.25) is 0 Å². The lowest BCUT2D eigenvalue weighted by Crippen LogP contribution is -2.36. The van der Waals surface area contributed by atoms with Crippen LogP contribution < -0.4 is 5.32 Å². The van der Waals surface area contributed by atoms with Crippen molar-refractivity contribution >= 4 is 27.2 Å². The second-order valence-electron chi connectivity index (χ2n) is 8.92. The quantitative estimate of drug-likeness (QED) is 0.728. The van der Waals surface area contributed by atoms with Gasteiger partial charge in [-0.25, -0.2) is 4.79 Å². The Morgan fingerprint density at radius 1 is 1.27 bits per heavy atom. The average molecular weight is 437 g/mol. The maximum absolute atomic E-state index is 12.7. The number of aromatic nitrogens is 1. The Hall–Kier alpha value is -2.10. The highest BCUT2D eigenvalue weighted by Gasteiger charge is 2.37. The lowest BCUT2D eigenvalue weighted by molar-refractivity contribution is 0.0528. The van der Waals surface area contributed by atoms with E-state index in [0.717, 1.165) is 22.0 Å². The molecule has 1 aliphatic heterocycles. The molecular formula is C21H32N4O4S. The van der Waals surface area contributed by atoms with Crippen molar-refractivity contribution in [1.82, 2.24) is 18.9 Å². The molecule has 9 heteroatoms. The van der Waals surface area contributed by atoms with Gasteiger partial charge in [-0.05, 0) is 64.3 Å². The molecule has 1 aromatic carbocycles. The fourth-order valence-electron chi connectivity index (χ4n) is 3.62. The minimum atomic E-state index is -3.42. The summed E-state index contributed by atoms with van der Waals surface area (Å²) in [5, 5.41) is 3.81. The van der Waals surface area contributed by atoms with Crippen LogP contribution in [0.25, 0.3) is 10.9 Å². The first-order valence-electron chi connectivity index (χ1n) is 10.3. The van der Waals surface area contributed by atoms with Crippen LogP contribution in [0.1, 0.15) is 45.7 Å². The van der Waals surface area contributed by atoms with Crippen molar-refractivity contribution < 1.29 is 17.9 Å². The minimum absolute atomic E-state index is 0.0452. The predicted octanol–water partition coefficient (Wildman–Crippen LogP) is 3.01. The van der Waals surface area contributed by atoms with Gasteiger partial charge in [0.05, 0.1) is 0 Å². The first-order valence-corrected chi connectivity index (χ1v) is 11.7. The second-order valence-corrected chi connectivity index (χ2v) is 10.8. The van der Waals surface area contributed by atoms with Gasteiger partial charge >= 0.3 is 6.09 Å². The summed E-state index contributed by atoms with van der Waals surface area (Å²) < 4.78 is 33.8. The SMILES string of the molecule is CC(C)N1CCN(Cc2ccc3[nH]cc(CCNC(=O)OC(C)(C)C)c3c2)S1(=O)=O. The molecule has 2 heterocycles. The van der Waals surface area contributed by atoms with Crippen LogP contribution in [0.15, 0.2) is 24.4 Å². The van der Waals surface area contributed by atoms with Crippen LogP contribution in [0.4, 0.5) is 4.79 Å². The van der Waals surface area contributed by atoms with E-state index in [2.05, 4.69) is 10.3 Å². The molecule has 1 saturated heterocycles. The Morgan fingerprint density at radius 3 is 2.63 bits per heavy atom. The standard InChI is InChI=1S/C21H32N4O4S/c1-15(2)25-11-10-24(30(25,27)28)14-16-6-7-19-18(12-16)17(13-23-19)8-9-22-20(26)29-21(3,4)5/h6-7,12-13,15,23H,8-11,14H2,1-5H3,(H,22,26). The lowest BCUT2D eigenvalue weighted by Gasteiger charge is -2.21. The smallest absolute Gasteiger partial charge is 0.407 e. The first kappa shape index (κ1) is 22.6. The third-order valence-corrected chi connectivity index (χ3v) is 7.18. The highest BCUT2D eigenvalue weighted by Crippen LogP contribution is 2.25. The molecule has 0 spiro atoms. The number of carbonyl (C=O) groups is 1. The Balaban J connectivity index is 1.67. The summed E-state index contributed by atoms with van der Waals surface area (Å²) in [5.41, 5.74) is 2.47. The molecule has 0 aliphatic carbocycles. The molecule has 0 radical (unpaired) electrons. The number of H-pyrrole nitrogens is 1. The minimum Gasteiger partial charge on any atom is -0.444 e. The molecule has 2 N–H and O–H groups in total. The van der Waals surface area contributed by atoms with Crippen molar-refractivity contribution in [2.45, 2.75) is 59.2 Å². The fraction of sp³-hybridized carbons (Fsp3) is 0.571. The van der Waals surface area contributed by atoms with Crippen molar-refractivity contribution in [3.05, 3.63) is 35.5 Å². The molecule has 166 valence electrons. The van der Waals surface area contributed by atoms with Crippen molar-refractivity contribution in [3.8, 4) is 0 Å². The molecule has 0 saturated carbocycles. The topological polar surface area (TPSA) is 94.7 Å². The van der Waals surface area contributed by atoms with E-state index in [1.807, 2.05) is 59.0 Å². The number of benzene rings is 1. The average Bonchev–Trinajstić information content (AvgIpc) is 3.14. The van der Waals surface area contributed by atoms with Gasteiger partial charge < -0.3 is 15.0 Å². The molecule has 1 fully saturated rings. The number of amides is 1. The highest BCUT2D eigenvalue weighted by atomic mass is 32.2. The normalized spacial score (nSPS) is 17.7. The van der Waals surface area contributed by atoms with E-state index < -0.39 is 21.9 Å². The molecular weight excluding hydrogens is 404 g/mol. The number of hydrogen-bond acceptors (Lipinski definition) is 4. The summed E-state index contributed by atoms with van der Waals surface area (Å²) in [5.74, 6) is 0. The summed E-state index contributed by atoms with van der Waals surface area (Å²) in [6, 6.07) is 5.91. The molecule has 2 aromatic rings. The Labute approximate surface area is 178 Å². The molecule has 0 bridgehead atoms. The number of ether oxygens (including phenoxy) is 1. The summed E-state index contributed by atoms with van der Waals surface area (Å²) in [6.45, 7) is 11.1. The molecule has 1 amide bonds. The van der Waals surface area contributed by atoms with Gasteiger partial charge in [-0.1, -0.05) is 6.07 Å². The zero-order valence-corrected chi connectivity index (χ0v) is 19.2. The van der Waals surface area contributed by atoms with Gasteiger partial charge in [0.1, 0.15) is 5.60 Å². The Bertz CT molecular complexity index is 1010. The van der Waals surface area contributed by atoms with Gasteiger partial charge in [0.2, 0.25) is 0 Å². The molecule has 0 unspecified atom stereocenters. The molecule has 8 nitrogen and oxygen atoms in total. The summed E-state index contributed by atoms with van der Waals surface area (Å²) in [4.78, 5) is 15.1. The predicted molar refractivity (Wildman–Crippen MR) is 117 cm³/mol. The van der Waals surface area contributed by atoms with Crippen molar-refractivity contribution in [3.63, 3.8) is 0 Å². The van der Waals surface area contributed by atoms with E-state index in [4.69, 9.17) is 4.74 Å². The molecule has 1 aromatic heterocycles. The maximum atomic E-state index is 12.7. The van der Waals surface area contributed by atoms with E-state index in [9.17, 15) is 13.2 Å². The number of nitrogens with zero attached hydrogens (tertiary/aromatic N) is 2. The first-order chi connectivity index (χ1) is 14.0. The van der Waals surface area contributed by atoms with Gasteiger partial charge in [0, 0.05) is 49.3 Å². The van der Waals surface area contributed by atoms with Crippen LogP contribution in [0.3, 0.4) is 0 Å². The van der Waals surface area contributed by atoms with Crippen LogP contribution in [0.5, 0.6) is 0 Å². The third-order valence-electron chi connectivity index (χ3n) is 5.02. The molecule has 30 heavy (non-hydrogen) atoms. The second kappa shape index (κ2) is 8.56. The monoisotopic (exact) mass is 436 g/mol. The van der Waals surface area contributed by atoms with Crippen LogP contribution >= 0.6 is 0 Å². The number of aromatic amines is 1. The summed E-state index contributed by atoms with van der Waals surface area (Å²) in [7, 11) is -3.42. The van der Waals surface area contributed by atoms with Crippen LogP contribution in [0, 0.1) is 0 Å². The van der Waals surface area contributed by atoms with Crippen molar-refractivity contribution in [2.24, 2.45) is 0 Å². The fourth-order valence-corrected chi connectivity index (χ4v) is 5.39. The van der Waals surface area contributed by atoms with Gasteiger partial charge in [-0.15, -0.1) is 0 Å². The van der Waals surface area contributed by atoms with Crippen molar-refractivity contribution in [2.75, 3.05) is 19.6 Å². The zero-order chi connectivity index (χ0) is 22.1. The maximum Gasteiger partial charge on any atom is 0.407 e. The molecule has 1 aliphatic rings. The number of rotatable bonds is 6. The summed E-state index contributed by atoms with van der Waals surface area (Å²) >= 11 is 0. The van der Waals surface area contributed by atoms with E-state index in [1.54, 1.807) is 0 Å². The Morgan fingerprint density at radius 2 is 2.00 bits per heavy atom. The van der Waals surface area contributed by atoms with E-state index in [1.165, 1.54) is 8.61 Å². The highest BCUT2D eigenvalue weighted by molar-refractivity contribution is 7.87. The van der Waals surface area contributed by atoms with Gasteiger partial charge in [-0.2, -0.15) is 17.0 Å². The molecule has 3 rings (SSSR count). The number of alkyl carbamates (subject to hydrolysis) is 1.